The Balaban J connectivity index is 2.19. The van der Waals surface area contributed by atoms with Crippen molar-refractivity contribution in [2.24, 2.45) is 0 Å². The van der Waals surface area contributed by atoms with Gasteiger partial charge in [-0.3, -0.25) is 9.59 Å². The van der Waals surface area contributed by atoms with Crippen LogP contribution in [0, 0.1) is 13.8 Å². The molecular formula is C18H21NO3S. The molecule has 0 radical (unpaired) electrons. The molecule has 0 unspecified atom stereocenters. The highest BCUT2D eigenvalue weighted by molar-refractivity contribution is 8.00. The molecule has 2 rings (SSSR count). The molecule has 0 aliphatic carbocycles. The first-order valence-electron chi connectivity index (χ1n) is 7.40. The Morgan fingerprint density at radius 1 is 1.17 bits per heavy atom. The summed E-state index contributed by atoms with van der Waals surface area (Å²) in [7, 11) is 1.62. The molecule has 2 aromatic rings. The molecule has 1 N–H and O–H groups in total. The Bertz CT molecular complexity index is 731. The maximum atomic E-state index is 12.7. The second-order valence-corrected chi connectivity index (χ2v) is 6.90. The van der Waals surface area contributed by atoms with Gasteiger partial charge in [0.1, 0.15) is 5.75 Å². The summed E-state index contributed by atoms with van der Waals surface area (Å²) in [5.41, 5.74) is 2.64. The van der Waals surface area contributed by atoms with Crippen LogP contribution in [0.2, 0.25) is 0 Å². The van der Waals surface area contributed by atoms with E-state index in [0.29, 0.717) is 11.3 Å². The Labute approximate surface area is 140 Å². The lowest BCUT2D eigenvalue weighted by Crippen LogP contribution is -2.15. The predicted octanol–water partition coefficient (Wildman–Crippen LogP) is 4.21. The minimum Gasteiger partial charge on any atom is -0.497 e. The molecule has 1 aromatic heterocycles. The van der Waals surface area contributed by atoms with Gasteiger partial charge in [0.2, 0.25) is 0 Å². The molecule has 23 heavy (non-hydrogen) atoms. The fourth-order valence-electron chi connectivity index (χ4n) is 2.64. The van der Waals surface area contributed by atoms with E-state index in [4.69, 9.17) is 4.74 Å². The van der Waals surface area contributed by atoms with Crippen LogP contribution in [0.5, 0.6) is 5.75 Å². The lowest BCUT2D eigenvalue weighted by molar-refractivity contribution is 0.0988. The molecule has 0 saturated heterocycles. The number of carbonyl (C=O) groups is 2. The van der Waals surface area contributed by atoms with Crippen LogP contribution in [-0.2, 0) is 0 Å². The van der Waals surface area contributed by atoms with Crippen LogP contribution in [0.1, 0.15) is 46.0 Å². The Hall–Kier alpha value is -2.01. The number of aromatic amines is 1. The van der Waals surface area contributed by atoms with E-state index < -0.39 is 0 Å². The minimum absolute atomic E-state index is 0.00100. The zero-order valence-corrected chi connectivity index (χ0v) is 14.8. The second-order valence-electron chi connectivity index (χ2n) is 5.48. The number of H-pyrrole nitrogens is 1. The Kier molecular flexibility index (Phi) is 5.31. The van der Waals surface area contributed by atoms with Crippen LogP contribution in [-0.4, -0.2) is 28.9 Å². The summed E-state index contributed by atoms with van der Waals surface area (Å²) in [6.45, 7) is 7.03. The van der Waals surface area contributed by atoms with Crippen molar-refractivity contribution in [1.82, 2.24) is 4.98 Å². The molecule has 5 heteroatoms. The minimum atomic E-state index is -0.250. The molecule has 0 bridgehead atoms. The van der Waals surface area contributed by atoms with Gasteiger partial charge in [0.25, 0.3) is 0 Å². The molecule has 0 aliphatic heterocycles. The number of methoxy groups -OCH3 is 1. The van der Waals surface area contributed by atoms with E-state index in [1.165, 1.54) is 18.7 Å². The van der Waals surface area contributed by atoms with Crippen molar-refractivity contribution in [3.05, 3.63) is 46.8 Å². The zero-order chi connectivity index (χ0) is 17.1. The molecule has 4 nitrogen and oxygen atoms in total. The van der Waals surface area contributed by atoms with E-state index in [0.717, 1.165) is 21.9 Å². The molecule has 0 fully saturated rings. The van der Waals surface area contributed by atoms with Gasteiger partial charge in [-0.1, -0.05) is 0 Å². The first kappa shape index (κ1) is 17.3. The van der Waals surface area contributed by atoms with Crippen molar-refractivity contribution in [3.63, 3.8) is 0 Å². The highest BCUT2D eigenvalue weighted by Crippen LogP contribution is 2.29. The highest BCUT2D eigenvalue weighted by atomic mass is 32.2. The summed E-state index contributed by atoms with van der Waals surface area (Å²) >= 11 is 1.49. The lowest BCUT2D eigenvalue weighted by Gasteiger charge is -2.10. The summed E-state index contributed by atoms with van der Waals surface area (Å²) in [4.78, 5) is 28.5. The third-order valence-corrected chi connectivity index (χ3v) is 4.89. The number of aromatic nitrogens is 1. The fraction of sp³-hybridized carbons (Fsp3) is 0.333. The molecule has 1 aromatic carbocycles. The summed E-state index contributed by atoms with van der Waals surface area (Å²) in [6, 6.07) is 7.61. The van der Waals surface area contributed by atoms with Crippen LogP contribution < -0.4 is 4.74 Å². The summed E-state index contributed by atoms with van der Waals surface area (Å²) < 4.78 is 5.13. The average molecular weight is 331 g/mol. The van der Waals surface area contributed by atoms with E-state index in [1.54, 1.807) is 7.11 Å². The van der Waals surface area contributed by atoms with Gasteiger partial charge in [-0.05, 0) is 57.5 Å². The maximum Gasteiger partial charge on any atom is 0.192 e. The number of ether oxygens (including phenoxy) is 1. The summed E-state index contributed by atoms with van der Waals surface area (Å²) in [5, 5.41) is -0.250. The number of ketones is 2. The van der Waals surface area contributed by atoms with E-state index in [1.807, 2.05) is 45.0 Å². The number of rotatable bonds is 6. The third kappa shape index (κ3) is 3.67. The highest BCUT2D eigenvalue weighted by Gasteiger charge is 2.24. The van der Waals surface area contributed by atoms with Crippen LogP contribution in [0.4, 0.5) is 0 Å². The van der Waals surface area contributed by atoms with E-state index in [-0.39, 0.29) is 16.8 Å². The van der Waals surface area contributed by atoms with Crippen LogP contribution in [0.15, 0.2) is 29.2 Å². The molecule has 0 saturated carbocycles. The smallest absolute Gasteiger partial charge is 0.192 e. The number of hydrogen-bond acceptors (Lipinski definition) is 4. The van der Waals surface area contributed by atoms with Crippen LogP contribution in [0.3, 0.4) is 0 Å². The van der Waals surface area contributed by atoms with Crippen molar-refractivity contribution < 1.29 is 14.3 Å². The van der Waals surface area contributed by atoms with Gasteiger partial charge in [0.15, 0.2) is 11.6 Å². The van der Waals surface area contributed by atoms with Gasteiger partial charge >= 0.3 is 0 Å². The number of thioether (sulfide) groups is 1. The van der Waals surface area contributed by atoms with E-state index >= 15 is 0 Å². The van der Waals surface area contributed by atoms with Gasteiger partial charge < -0.3 is 9.72 Å². The fourth-order valence-corrected chi connectivity index (χ4v) is 3.57. The number of Topliss-reactive ketones (excluding diaryl/α,β-unsaturated/α-hetero) is 2. The predicted molar refractivity (Wildman–Crippen MR) is 92.9 cm³/mol. The van der Waals surface area contributed by atoms with Gasteiger partial charge in [0.05, 0.1) is 18.1 Å². The van der Waals surface area contributed by atoms with Gasteiger partial charge in [-0.2, -0.15) is 0 Å². The van der Waals surface area contributed by atoms with E-state index in [9.17, 15) is 9.59 Å². The van der Waals surface area contributed by atoms with Crippen LogP contribution in [0.25, 0.3) is 0 Å². The van der Waals surface area contributed by atoms with Gasteiger partial charge in [0, 0.05) is 16.2 Å². The quantitative estimate of drug-likeness (QED) is 0.636. The van der Waals surface area contributed by atoms with Gasteiger partial charge in [-0.15, -0.1) is 11.8 Å². The molecule has 0 aliphatic rings. The second kappa shape index (κ2) is 7.04. The normalized spacial score (nSPS) is 12.0. The zero-order valence-electron chi connectivity index (χ0n) is 14.0. The van der Waals surface area contributed by atoms with Crippen molar-refractivity contribution in [2.45, 2.75) is 37.8 Å². The standard InChI is InChI=1S/C18H21NO3S/c1-10-16(12(3)20)11(2)19-17(10)18(21)13(4)23-15-8-6-14(22-5)7-9-15/h6-9,13,19H,1-5H3/t13-/m0/s1. The molecule has 0 spiro atoms. The van der Waals surface area contributed by atoms with E-state index in [2.05, 4.69) is 4.98 Å². The summed E-state index contributed by atoms with van der Waals surface area (Å²) in [5.74, 6) is 0.764. The molecule has 1 heterocycles. The number of benzene rings is 1. The van der Waals surface area contributed by atoms with Crippen molar-refractivity contribution in [1.29, 1.82) is 0 Å². The van der Waals surface area contributed by atoms with Crippen molar-refractivity contribution in [2.75, 3.05) is 7.11 Å². The number of hydrogen-bond donors (Lipinski definition) is 1. The lowest BCUT2D eigenvalue weighted by atomic mass is 10.0. The molecular weight excluding hydrogens is 310 g/mol. The maximum absolute atomic E-state index is 12.7. The number of nitrogens with one attached hydrogen (secondary N) is 1. The largest absolute Gasteiger partial charge is 0.497 e. The molecule has 0 amide bonds. The third-order valence-electron chi connectivity index (χ3n) is 3.78. The van der Waals surface area contributed by atoms with Crippen LogP contribution >= 0.6 is 11.8 Å². The Morgan fingerprint density at radius 3 is 2.26 bits per heavy atom. The molecule has 122 valence electrons. The van der Waals surface area contributed by atoms with Gasteiger partial charge in [-0.25, -0.2) is 0 Å². The SMILES string of the molecule is COc1ccc(S[C@@H](C)C(=O)c2[nH]c(C)c(C(C)=O)c2C)cc1. The average Bonchev–Trinajstić information content (AvgIpc) is 2.82. The van der Waals surface area contributed by atoms with Crippen molar-refractivity contribution in [3.8, 4) is 5.75 Å². The monoisotopic (exact) mass is 331 g/mol. The number of aryl methyl sites for hydroxylation is 1. The number of carbonyl (C=O) groups excluding carboxylic acids is 2. The van der Waals surface area contributed by atoms with Crippen molar-refractivity contribution >= 4 is 23.3 Å². The Morgan fingerprint density at radius 2 is 1.78 bits per heavy atom. The summed E-state index contributed by atoms with van der Waals surface area (Å²) in [6.07, 6.45) is 0. The first-order valence-corrected chi connectivity index (χ1v) is 8.28. The first-order chi connectivity index (χ1) is 10.8. The topological polar surface area (TPSA) is 59.2 Å². The molecule has 1 atom stereocenters.